The Balaban J connectivity index is 1.43. The summed E-state index contributed by atoms with van der Waals surface area (Å²) >= 11 is 0. The minimum Gasteiger partial charge on any atom is -0.497 e. The van der Waals surface area contributed by atoms with Crippen LogP contribution in [-0.2, 0) is 6.54 Å². The number of amides is 1. The second-order valence-corrected chi connectivity index (χ2v) is 8.43. The van der Waals surface area contributed by atoms with Crippen LogP contribution in [0.15, 0.2) is 41.3 Å². The number of likely N-dealkylation sites (tertiary alicyclic amines) is 1. The van der Waals surface area contributed by atoms with Gasteiger partial charge in [0.15, 0.2) is 5.65 Å². The first-order valence-corrected chi connectivity index (χ1v) is 10.6. The summed E-state index contributed by atoms with van der Waals surface area (Å²) in [6.07, 6.45) is 4.86. The molecule has 1 amide bonds. The molecule has 2 aliphatic rings. The molecule has 1 saturated heterocycles. The summed E-state index contributed by atoms with van der Waals surface area (Å²) in [6.45, 7) is 3.82. The van der Waals surface area contributed by atoms with Crippen molar-refractivity contribution in [2.24, 2.45) is 5.92 Å². The molecule has 0 radical (unpaired) electrons. The quantitative estimate of drug-likeness (QED) is 0.653. The molecule has 2 aromatic heterocycles. The number of nitrogens with zero attached hydrogens (tertiary/aromatic N) is 4. The molecule has 2 fully saturated rings. The van der Waals surface area contributed by atoms with Crippen molar-refractivity contribution >= 4 is 17.1 Å². The molecule has 156 valence electrons. The number of hydrogen-bond donors (Lipinski definition) is 0. The fraction of sp³-hybridized carbons (Fsp3) is 0.435. The standard InChI is InChI=1S/C23H26N4O3/c1-15-12-18(30-2)7-8-19(15)22(28)25-11-9-17(14-25)27-21-20(4-3-10-24-21)26(23(27)29)13-16-5-6-16/h3-4,7-8,10,12,16-17H,5-6,9,11,13-14H2,1-2H3/t17-/m1/s1. The molecule has 1 saturated carbocycles. The second-order valence-electron chi connectivity index (χ2n) is 8.43. The first-order valence-electron chi connectivity index (χ1n) is 10.6. The molecular formula is C23H26N4O3. The number of fused-ring (bicyclic) bond motifs is 1. The average molecular weight is 406 g/mol. The van der Waals surface area contributed by atoms with Crippen molar-refractivity contribution in [2.75, 3.05) is 20.2 Å². The van der Waals surface area contributed by atoms with Crippen LogP contribution in [0.2, 0.25) is 0 Å². The van der Waals surface area contributed by atoms with Crippen LogP contribution in [0.1, 0.15) is 41.2 Å². The van der Waals surface area contributed by atoms with Gasteiger partial charge in [-0.1, -0.05) is 0 Å². The SMILES string of the molecule is COc1ccc(C(=O)N2CC[C@@H](n3c(=O)n(CC4CC4)c4cccnc43)C2)c(C)c1. The molecule has 1 aliphatic carbocycles. The van der Waals surface area contributed by atoms with Gasteiger partial charge in [0, 0.05) is 31.4 Å². The zero-order valence-corrected chi connectivity index (χ0v) is 17.4. The highest BCUT2D eigenvalue weighted by molar-refractivity contribution is 5.96. The molecule has 1 aliphatic heterocycles. The molecule has 7 nitrogen and oxygen atoms in total. The van der Waals surface area contributed by atoms with Crippen LogP contribution < -0.4 is 10.4 Å². The number of methoxy groups -OCH3 is 1. The molecule has 0 N–H and O–H groups in total. The number of carbonyl (C=O) groups is 1. The van der Waals surface area contributed by atoms with Gasteiger partial charge in [-0.3, -0.25) is 13.9 Å². The summed E-state index contributed by atoms with van der Waals surface area (Å²) in [4.78, 5) is 32.8. The lowest BCUT2D eigenvalue weighted by Crippen LogP contribution is -2.32. The summed E-state index contributed by atoms with van der Waals surface area (Å²) in [5.74, 6) is 1.34. The Labute approximate surface area is 174 Å². The smallest absolute Gasteiger partial charge is 0.330 e. The number of carbonyl (C=O) groups excluding carboxylic acids is 1. The number of rotatable bonds is 5. The van der Waals surface area contributed by atoms with Crippen molar-refractivity contribution in [3.63, 3.8) is 0 Å². The van der Waals surface area contributed by atoms with Crippen LogP contribution in [0.5, 0.6) is 5.75 Å². The van der Waals surface area contributed by atoms with Crippen molar-refractivity contribution in [3.05, 3.63) is 58.1 Å². The molecule has 1 atom stereocenters. The van der Waals surface area contributed by atoms with Crippen LogP contribution in [0.25, 0.3) is 11.2 Å². The zero-order chi connectivity index (χ0) is 20.8. The van der Waals surface area contributed by atoms with Crippen LogP contribution >= 0.6 is 0 Å². The first-order chi connectivity index (χ1) is 14.6. The molecule has 1 aromatic carbocycles. The van der Waals surface area contributed by atoms with E-state index in [9.17, 15) is 9.59 Å². The summed E-state index contributed by atoms with van der Waals surface area (Å²) in [5, 5.41) is 0. The number of aryl methyl sites for hydroxylation is 1. The lowest BCUT2D eigenvalue weighted by molar-refractivity contribution is 0.0787. The van der Waals surface area contributed by atoms with Crippen molar-refractivity contribution < 1.29 is 9.53 Å². The van der Waals surface area contributed by atoms with Gasteiger partial charge in [0.05, 0.1) is 18.7 Å². The lowest BCUT2D eigenvalue weighted by atomic mass is 10.1. The van der Waals surface area contributed by atoms with Gasteiger partial charge in [-0.2, -0.15) is 0 Å². The number of benzene rings is 1. The van der Waals surface area contributed by atoms with E-state index in [1.165, 1.54) is 12.8 Å². The zero-order valence-electron chi connectivity index (χ0n) is 17.4. The summed E-state index contributed by atoms with van der Waals surface area (Å²) < 4.78 is 8.93. The average Bonchev–Trinajstić information content (AvgIpc) is 3.38. The molecule has 7 heteroatoms. The summed E-state index contributed by atoms with van der Waals surface area (Å²) in [7, 11) is 1.62. The highest BCUT2D eigenvalue weighted by Crippen LogP contribution is 2.32. The predicted molar refractivity (Wildman–Crippen MR) is 114 cm³/mol. The molecule has 3 heterocycles. The van der Waals surface area contributed by atoms with Gasteiger partial charge in [-0.15, -0.1) is 0 Å². The summed E-state index contributed by atoms with van der Waals surface area (Å²) in [6, 6.07) is 9.30. The highest BCUT2D eigenvalue weighted by atomic mass is 16.5. The topological polar surface area (TPSA) is 69.4 Å². The summed E-state index contributed by atoms with van der Waals surface area (Å²) in [5.41, 5.74) is 3.18. The number of imidazole rings is 1. The number of aromatic nitrogens is 3. The van der Waals surface area contributed by atoms with E-state index in [0.29, 0.717) is 24.6 Å². The van der Waals surface area contributed by atoms with Gasteiger partial charge < -0.3 is 9.64 Å². The first kappa shape index (κ1) is 18.9. The molecule has 0 bridgehead atoms. The van der Waals surface area contributed by atoms with E-state index in [1.807, 2.05) is 51.3 Å². The molecule has 0 unspecified atom stereocenters. The van der Waals surface area contributed by atoms with E-state index >= 15 is 0 Å². The molecule has 30 heavy (non-hydrogen) atoms. The minimum absolute atomic E-state index is 0.000352. The van der Waals surface area contributed by atoms with E-state index in [0.717, 1.165) is 35.4 Å². The Bertz CT molecular complexity index is 1170. The third-order valence-electron chi connectivity index (χ3n) is 6.34. The van der Waals surface area contributed by atoms with E-state index in [1.54, 1.807) is 13.3 Å². The van der Waals surface area contributed by atoms with Crippen LogP contribution in [0.3, 0.4) is 0 Å². The monoisotopic (exact) mass is 406 g/mol. The minimum atomic E-state index is -0.0575. The van der Waals surface area contributed by atoms with Crippen LogP contribution in [-0.4, -0.2) is 45.1 Å². The third kappa shape index (κ3) is 3.18. The maximum Gasteiger partial charge on any atom is 0.330 e. The van der Waals surface area contributed by atoms with Crippen LogP contribution in [0.4, 0.5) is 0 Å². The molecule has 5 rings (SSSR count). The van der Waals surface area contributed by atoms with E-state index < -0.39 is 0 Å². The van der Waals surface area contributed by atoms with Gasteiger partial charge in [0.1, 0.15) is 5.75 Å². The van der Waals surface area contributed by atoms with Gasteiger partial charge in [0.25, 0.3) is 5.91 Å². The molecule has 0 spiro atoms. The Morgan fingerprint density at radius 1 is 1.23 bits per heavy atom. The normalized spacial score (nSPS) is 18.9. The Kier molecular flexibility index (Phi) is 4.60. The van der Waals surface area contributed by atoms with Crippen molar-refractivity contribution in [2.45, 2.75) is 38.8 Å². The van der Waals surface area contributed by atoms with Gasteiger partial charge >= 0.3 is 5.69 Å². The number of pyridine rings is 1. The van der Waals surface area contributed by atoms with Crippen molar-refractivity contribution in [3.8, 4) is 5.75 Å². The van der Waals surface area contributed by atoms with E-state index in [-0.39, 0.29) is 17.6 Å². The third-order valence-corrected chi connectivity index (χ3v) is 6.34. The van der Waals surface area contributed by atoms with Crippen LogP contribution in [0, 0.1) is 12.8 Å². The van der Waals surface area contributed by atoms with Crippen molar-refractivity contribution in [1.82, 2.24) is 19.0 Å². The maximum absolute atomic E-state index is 13.3. The Morgan fingerprint density at radius 2 is 2.07 bits per heavy atom. The van der Waals surface area contributed by atoms with Gasteiger partial charge in [-0.05, 0) is 68.0 Å². The predicted octanol–water partition coefficient (Wildman–Crippen LogP) is 3.01. The lowest BCUT2D eigenvalue weighted by Gasteiger charge is -2.18. The number of hydrogen-bond acceptors (Lipinski definition) is 4. The van der Waals surface area contributed by atoms with E-state index in [4.69, 9.17) is 4.74 Å². The Morgan fingerprint density at radius 3 is 2.80 bits per heavy atom. The molecular weight excluding hydrogens is 380 g/mol. The molecule has 3 aromatic rings. The highest BCUT2D eigenvalue weighted by Gasteiger charge is 2.33. The second kappa shape index (κ2) is 7.31. The van der Waals surface area contributed by atoms with Gasteiger partial charge in [-0.25, -0.2) is 9.78 Å². The largest absolute Gasteiger partial charge is 0.497 e. The van der Waals surface area contributed by atoms with Crippen molar-refractivity contribution in [1.29, 1.82) is 0 Å². The van der Waals surface area contributed by atoms with E-state index in [2.05, 4.69) is 4.98 Å². The number of ether oxygens (including phenoxy) is 1. The maximum atomic E-state index is 13.3. The fourth-order valence-corrected chi connectivity index (χ4v) is 4.48. The van der Waals surface area contributed by atoms with Gasteiger partial charge in [0.2, 0.25) is 0 Å². The fourth-order valence-electron chi connectivity index (χ4n) is 4.48. The Hall–Kier alpha value is -3.09.